The van der Waals surface area contributed by atoms with Crippen LogP contribution in [0.1, 0.15) is 10.4 Å². The fourth-order valence-electron chi connectivity index (χ4n) is 2.36. The molecule has 1 heterocycles. The molecule has 2 aromatic carbocycles. The van der Waals surface area contributed by atoms with Crippen LogP contribution < -0.4 is 10.2 Å². The van der Waals surface area contributed by atoms with Gasteiger partial charge in [0.1, 0.15) is 5.75 Å². The van der Waals surface area contributed by atoms with E-state index in [2.05, 4.69) is 15.5 Å². The van der Waals surface area contributed by atoms with E-state index in [-0.39, 0.29) is 0 Å². The number of hydrogen-bond donors (Lipinski definition) is 1. The highest BCUT2D eigenvalue weighted by Gasteiger charge is 2.10. The van der Waals surface area contributed by atoms with Gasteiger partial charge in [0, 0.05) is 21.0 Å². The largest absolute Gasteiger partial charge is 0.495 e. The maximum absolute atomic E-state index is 6.12. The molecule has 0 unspecified atom stereocenters. The van der Waals surface area contributed by atoms with Gasteiger partial charge in [-0.2, -0.15) is 5.10 Å². The summed E-state index contributed by atoms with van der Waals surface area (Å²) in [5.41, 5.74) is 5.66. The number of thiazole rings is 1. The Morgan fingerprint density at radius 1 is 1.20 bits per heavy atom. The van der Waals surface area contributed by atoms with E-state index in [1.807, 2.05) is 37.3 Å². The Morgan fingerprint density at radius 2 is 1.96 bits per heavy atom. The number of ether oxygens (including phenoxy) is 1. The quantitative estimate of drug-likeness (QED) is 0.436. The Labute approximate surface area is 160 Å². The molecule has 0 amide bonds. The average Bonchev–Trinajstić information content (AvgIpc) is 2.96. The second-order valence-electron chi connectivity index (χ2n) is 5.17. The van der Waals surface area contributed by atoms with Crippen molar-refractivity contribution >= 4 is 45.9 Å². The van der Waals surface area contributed by atoms with Crippen LogP contribution in [0.5, 0.6) is 5.75 Å². The van der Waals surface area contributed by atoms with Crippen molar-refractivity contribution in [2.45, 2.75) is 6.92 Å². The minimum Gasteiger partial charge on any atom is -0.495 e. The lowest BCUT2D eigenvalue weighted by atomic mass is 10.1. The SMILES string of the molecule is COc1c(Cl)cc(Cl)cc1/C=N\Nc1nc(-c2ccccc2)c(C)s1. The van der Waals surface area contributed by atoms with Gasteiger partial charge in [0.15, 0.2) is 0 Å². The third-order valence-corrected chi connectivity index (χ3v) is 4.82. The predicted octanol–water partition coefficient (Wildman–Crippen LogP) is 5.88. The molecule has 25 heavy (non-hydrogen) atoms. The summed E-state index contributed by atoms with van der Waals surface area (Å²) in [5.74, 6) is 0.525. The van der Waals surface area contributed by atoms with Crippen molar-refractivity contribution < 1.29 is 4.74 Å². The number of benzene rings is 2. The molecule has 1 N–H and O–H groups in total. The van der Waals surface area contributed by atoms with Crippen molar-refractivity contribution in [3.05, 3.63) is 63.0 Å². The molecule has 3 aromatic rings. The van der Waals surface area contributed by atoms with Gasteiger partial charge >= 0.3 is 0 Å². The summed E-state index contributed by atoms with van der Waals surface area (Å²) in [7, 11) is 1.55. The van der Waals surface area contributed by atoms with Gasteiger partial charge in [0.25, 0.3) is 0 Å². The molecule has 0 spiro atoms. The Bertz CT molecular complexity index is 910. The zero-order valence-corrected chi connectivity index (χ0v) is 15.9. The molecule has 0 radical (unpaired) electrons. The lowest BCUT2D eigenvalue weighted by molar-refractivity contribution is 0.414. The first-order valence-electron chi connectivity index (χ1n) is 7.43. The van der Waals surface area contributed by atoms with Crippen LogP contribution in [0.2, 0.25) is 10.0 Å². The molecule has 128 valence electrons. The average molecular weight is 392 g/mol. The first-order valence-corrected chi connectivity index (χ1v) is 9.00. The van der Waals surface area contributed by atoms with E-state index < -0.39 is 0 Å². The first kappa shape index (κ1) is 17.7. The third-order valence-electron chi connectivity index (χ3n) is 3.45. The van der Waals surface area contributed by atoms with Gasteiger partial charge in [-0.3, -0.25) is 5.43 Å². The summed E-state index contributed by atoms with van der Waals surface area (Å²) >= 11 is 13.7. The van der Waals surface area contributed by atoms with E-state index >= 15 is 0 Å². The van der Waals surface area contributed by atoms with Crippen LogP contribution >= 0.6 is 34.5 Å². The molecule has 4 nitrogen and oxygen atoms in total. The van der Waals surface area contributed by atoms with Crippen LogP contribution in [-0.4, -0.2) is 18.3 Å². The summed E-state index contributed by atoms with van der Waals surface area (Å²) in [6.45, 7) is 2.04. The Kier molecular flexibility index (Phi) is 5.58. The van der Waals surface area contributed by atoms with Gasteiger partial charge in [0.05, 0.1) is 24.0 Å². The fraction of sp³-hybridized carbons (Fsp3) is 0.111. The summed E-state index contributed by atoms with van der Waals surface area (Å²) < 4.78 is 5.29. The fourth-order valence-corrected chi connectivity index (χ4v) is 3.73. The third kappa shape index (κ3) is 4.12. The number of anilines is 1. The van der Waals surface area contributed by atoms with Crippen LogP contribution in [-0.2, 0) is 0 Å². The van der Waals surface area contributed by atoms with E-state index in [1.165, 1.54) is 0 Å². The number of hydrazone groups is 1. The van der Waals surface area contributed by atoms with Crippen LogP contribution in [0.3, 0.4) is 0 Å². The molecule has 0 saturated carbocycles. The lowest BCUT2D eigenvalue weighted by Gasteiger charge is -2.07. The van der Waals surface area contributed by atoms with Crippen molar-refractivity contribution in [3.8, 4) is 17.0 Å². The van der Waals surface area contributed by atoms with Crippen LogP contribution in [0.25, 0.3) is 11.3 Å². The summed E-state index contributed by atoms with van der Waals surface area (Å²) in [6.07, 6.45) is 1.61. The molecule has 0 saturated heterocycles. The number of aryl methyl sites for hydroxylation is 1. The Morgan fingerprint density at radius 3 is 2.68 bits per heavy atom. The Hall–Kier alpha value is -2.08. The monoisotopic (exact) mass is 391 g/mol. The van der Waals surface area contributed by atoms with E-state index in [9.17, 15) is 0 Å². The highest BCUT2D eigenvalue weighted by atomic mass is 35.5. The van der Waals surface area contributed by atoms with Gasteiger partial charge in [-0.1, -0.05) is 53.5 Å². The van der Waals surface area contributed by atoms with Crippen molar-refractivity contribution in [1.82, 2.24) is 4.98 Å². The first-order chi connectivity index (χ1) is 12.1. The maximum atomic E-state index is 6.12. The predicted molar refractivity (Wildman–Crippen MR) is 107 cm³/mol. The molecule has 3 rings (SSSR count). The molecule has 7 heteroatoms. The highest BCUT2D eigenvalue weighted by Crippen LogP contribution is 2.32. The maximum Gasteiger partial charge on any atom is 0.204 e. The number of halogens is 2. The smallest absolute Gasteiger partial charge is 0.204 e. The van der Waals surface area contributed by atoms with Crippen LogP contribution in [0, 0.1) is 6.92 Å². The summed E-state index contributed by atoms with van der Waals surface area (Å²) in [6, 6.07) is 13.4. The summed E-state index contributed by atoms with van der Waals surface area (Å²) in [4.78, 5) is 5.72. The van der Waals surface area contributed by atoms with Crippen molar-refractivity contribution in [2.24, 2.45) is 5.10 Å². The molecular weight excluding hydrogens is 377 g/mol. The minimum absolute atomic E-state index is 0.438. The van der Waals surface area contributed by atoms with Gasteiger partial charge < -0.3 is 4.74 Å². The number of aromatic nitrogens is 1. The molecule has 0 atom stereocenters. The minimum atomic E-state index is 0.438. The number of rotatable bonds is 5. The number of nitrogens with one attached hydrogen (secondary N) is 1. The van der Waals surface area contributed by atoms with Crippen molar-refractivity contribution in [2.75, 3.05) is 12.5 Å². The Balaban J connectivity index is 1.80. The van der Waals surface area contributed by atoms with E-state index in [0.29, 0.717) is 26.5 Å². The van der Waals surface area contributed by atoms with E-state index in [0.717, 1.165) is 16.1 Å². The normalized spacial score (nSPS) is 11.0. The van der Waals surface area contributed by atoms with Gasteiger partial charge in [-0.25, -0.2) is 4.98 Å². The second kappa shape index (κ2) is 7.87. The standard InChI is InChI=1S/C18H15Cl2N3OS/c1-11-16(12-6-4-3-5-7-12)22-18(25-11)23-21-10-13-8-14(19)9-15(20)17(13)24-2/h3-10H,1-2H3,(H,22,23)/b21-10-. The van der Waals surface area contributed by atoms with Gasteiger partial charge in [-0.15, -0.1) is 11.3 Å². The lowest BCUT2D eigenvalue weighted by Crippen LogP contribution is -1.95. The van der Waals surface area contributed by atoms with E-state index in [1.54, 1.807) is 36.8 Å². The van der Waals surface area contributed by atoms with E-state index in [4.69, 9.17) is 27.9 Å². The molecule has 0 aliphatic rings. The van der Waals surface area contributed by atoms with Gasteiger partial charge in [0.2, 0.25) is 5.13 Å². The molecule has 0 aliphatic carbocycles. The zero-order chi connectivity index (χ0) is 17.8. The molecule has 0 aliphatic heterocycles. The van der Waals surface area contributed by atoms with Crippen LogP contribution in [0.4, 0.5) is 5.13 Å². The molecule has 0 bridgehead atoms. The number of methoxy groups -OCH3 is 1. The van der Waals surface area contributed by atoms with Crippen molar-refractivity contribution in [1.29, 1.82) is 0 Å². The topological polar surface area (TPSA) is 46.5 Å². The highest BCUT2D eigenvalue weighted by molar-refractivity contribution is 7.15. The summed E-state index contributed by atoms with van der Waals surface area (Å²) in [5, 5.41) is 5.89. The van der Waals surface area contributed by atoms with Crippen molar-refractivity contribution in [3.63, 3.8) is 0 Å². The second-order valence-corrected chi connectivity index (χ2v) is 7.22. The zero-order valence-electron chi connectivity index (χ0n) is 13.6. The number of hydrogen-bond acceptors (Lipinski definition) is 5. The number of nitrogens with zero attached hydrogens (tertiary/aromatic N) is 2. The molecule has 1 aromatic heterocycles. The molecular formula is C18H15Cl2N3OS. The molecule has 0 fully saturated rings. The van der Waals surface area contributed by atoms with Crippen LogP contribution in [0.15, 0.2) is 47.6 Å². The van der Waals surface area contributed by atoms with Gasteiger partial charge in [-0.05, 0) is 19.1 Å².